The number of aliphatic hydroxyl groups excluding tert-OH is 1. The average molecular weight is 251 g/mol. The number of hydrogen-bond donors (Lipinski definition) is 1. The predicted molar refractivity (Wildman–Crippen MR) is 54.4 cm³/mol. The minimum Gasteiger partial charge on any atom is -0.392 e. The molecule has 1 aliphatic rings. The largest absolute Gasteiger partial charge is 0.392 e. The minimum atomic E-state index is -2.64. The second-order valence-corrected chi connectivity index (χ2v) is 4.91. The molecule has 0 saturated heterocycles. The molecule has 6 heteroatoms. The maximum Gasteiger partial charge on any atom is 0.248 e. The molecule has 0 spiro atoms. The molecule has 16 heavy (non-hydrogen) atoms. The summed E-state index contributed by atoms with van der Waals surface area (Å²) in [6, 6.07) is 0. The van der Waals surface area contributed by atoms with Gasteiger partial charge in [-0.15, -0.1) is 0 Å². The van der Waals surface area contributed by atoms with E-state index in [2.05, 4.69) is 4.37 Å². The molecular weight excluding hydrogens is 239 g/mol. The van der Waals surface area contributed by atoms with Gasteiger partial charge >= 0.3 is 0 Å². The third kappa shape index (κ3) is 2.08. The zero-order valence-electron chi connectivity index (χ0n) is 8.55. The van der Waals surface area contributed by atoms with Crippen molar-refractivity contribution in [3.63, 3.8) is 0 Å². The van der Waals surface area contributed by atoms with Crippen LogP contribution in [0.25, 0.3) is 0 Å². The molecule has 1 unspecified atom stereocenters. The first-order valence-corrected chi connectivity index (χ1v) is 5.86. The highest BCUT2D eigenvalue weighted by Crippen LogP contribution is 2.45. The van der Waals surface area contributed by atoms with Gasteiger partial charge in [-0.2, -0.15) is 4.37 Å². The Morgan fingerprint density at radius 2 is 2.25 bits per heavy atom. The van der Waals surface area contributed by atoms with Gasteiger partial charge in [-0.05, 0) is 18.0 Å². The summed E-state index contributed by atoms with van der Waals surface area (Å²) in [5.74, 6) is -2.98. The second kappa shape index (κ2) is 4.33. The number of rotatable bonds is 3. The van der Waals surface area contributed by atoms with Gasteiger partial charge in [0.25, 0.3) is 0 Å². The third-order valence-corrected chi connectivity index (χ3v) is 3.83. The minimum absolute atomic E-state index is 0.148. The van der Waals surface area contributed by atoms with Gasteiger partial charge in [0.1, 0.15) is 6.67 Å². The highest BCUT2D eigenvalue weighted by Gasteiger charge is 2.41. The zero-order chi connectivity index (χ0) is 11.8. The van der Waals surface area contributed by atoms with Crippen molar-refractivity contribution >= 4 is 11.5 Å². The van der Waals surface area contributed by atoms with Crippen LogP contribution >= 0.6 is 11.5 Å². The van der Waals surface area contributed by atoms with Crippen LogP contribution in [-0.2, 0) is 13.3 Å². The van der Waals surface area contributed by atoms with Gasteiger partial charge in [0.15, 0.2) is 0 Å². The molecule has 0 amide bonds. The Hall–Kier alpha value is -0.620. The Labute approximate surface area is 95.3 Å². The van der Waals surface area contributed by atoms with Crippen LogP contribution in [0.15, 0.2) is 0 Å². The normalized spacial score (nSPS) is 23.9. The Kier molecular flexibility index (Phi) is 3.21. The van der Waals surface area contributed by atoms with Crippen molar-refractivity contribution < 1.29 is 18.3 Å². The van der Waals surface area contributed by atoms with E-state index < -0.39 is 12.6 Å². The molecule has 0 bridgehead atoms. The molecule has 0 aromatic carbocycles. The number of aliphatic hydroxyl groups is 1. The van der Waals surface area contributed by atoms with Crippen molar-refractivity contribution in [2.24, 2.45) is 0 Å². The fourth-order valence-corrected chi connectivity index (χ4v) is 2.93. The molecule has 90 valence electrons. The van der Waals surface area contributed by atoms with Crippen LogP contribution < -0.4 is 0 Å². The summed E-state index contributed by atoms with van der Waals surface area (Å²) >= 11 is 0.958. The van der Waals surface area contributed by atoms with E-state index in [9.17, 15) is 13.2 Å². The fourth-order valence-electron chi connectivity index (χ4n) is 2.14. The third-order valence-electron chi connectivity index (χ3n) is 2.97. The molecule has 1 atom stereocenters. The van der Waals surface area contributed by atoms with Gasteiger partial charge in [-0.25, -0.2) is 13.2 Å². The van der Waals surface area contributed by atoms with Gasteiger partial charge in [0.05, 0.1) is 17.2 Å². The molecular formula is C10H12F3NOS. The van der Waals surface area contributed by atoms with Crippen LogP contribution in [0, 0.1) is 0 Å². The van der Waals surface area contributed by atoms with Gasteiger partial charge in [-0.1, -0.05) is 0 Å². The summed E-state index contributed by atoms with van der Waals surface area (Å²) in [7, 11) is 0. The highest BCUT2D eigenvalue weighted by molar-refractivity contribution is 7.06. The van der Waals surface area contributed by atoms with Crippen molar-refractivity contribution in [2.45, 2.75) is 44.4 Å². The van der Waals surface area contributed by atoms with Gasteiger partial charge in [-0.3, -0.25) is 0 Å². The summed E-state index contributed by atoms with van der Waals surface area (Å²) in [6.45, 7) is -1.02. The molecule has 1 heterocycles. The molecule has 1 aliphatic carbocycles. The van der Waals surface area contributed by atoms with Crippen molar-refractivity contribution in [3.05, 3.63) is 16.1 Å². The van der Waals surface area contributed by atoms with Gasteiger partial charge in [0.2, 0.25) is 5.92 Å². The lowest BCUT2D eigenvalue weighted by Gasteiger charge is -2.10. The maximum absolute atomic E-state index is 13.0. The van der Waals surface area contributed by atoms with E-state index in [0.717, 1.165) is 11.5 Å². The molecule has 0 aliphatic heterocycles. The smallest absolute Gasteiger partial charge is 0.248 e. The predicted octanol–water partition coefficient (Wildman–Crippen LogP) is 3.01. The molecule has 0 radical (unpaired) electrons. The lowest BCUT2D eigenvalue weighted by molar-refractivity contribution is 0.00763. The molecule has 1 aromatic rings. The van der Waals surface area contributed by atoms with Gasteiger partial charge < -0.3 is 5.11 Å². The van der Waals surface area contributed by atoms with Gasteiger partial charge in [0, 0.05) is 24.3 Å². The lowest BCUT2D eigenvalue weighted by Crippen LogP contribution is -2.09. The van der Waals surface area contributed by atoms with E-state index >= 15 is 0 Å². The van der Waals surface area contributed by atoms with E-state index in [1.807, 2.05) is 0 Å². The lowest BCUT2D eigenvalue weighted by atomic mass is 9.99. The number of nitrogens with zero attached hydrogens (tertiary/aromatic N) is 1. The summed E-state index contributed by atoms with van der Waals surface area (Å²) < 4.78 is 42.6. The molecule has 2 nitrogen and oxygen atoms in total. The first-order chi connectivity index (χ1) is 7.57. The summed E-state index contributed by atoms with van der Waals surface area (Å²) in [5, 5.41) is 9.12. The first-order valence-electron chi connectivity index (χ1n) is 5.09. The number of alkyl halides is 3. The number of hydrogen-bond acceptors (Lipinski definition) is 3. The average Bonchev–Trinajstić information content (AvgIpc) is 2.80. The monoisotopic (exact) mass is 251 g/mol. The van der Waals surface area contributed by atoms with Crippen LogP contribution in [0.2, 0.25) is 0 Å². The van der Waals surface area contributed by atoms with Crippen LogP contribution in [0.4, 0.5) is 13.2 Å². The Balaban J connectivity index is 2.24. The fraction of sp³-hybridized carbons (Fsp3) is 0.700. The second-order valence-electron chi connectivity index (χ2n) is 4.06. The molecule has 1 aromatic heterocycles. The Bertz CT molecular complexity index is 380. The Morgan fingerprint density at radius 3 is 2.75 bits per heavy atom. The molecule has 2 rings (SSSR count). The summed E-state index contributed by atoms with van der Waals surface area (Å²) in [4.78, 5) is 0.354. The van der Waals surface area contributed by atoms with Crippen LogP contribution in [-0.4, -0.2) is 15.4 Å². The van der Waals surface area contributed by atoms with E-state index in [4.69, 9.17) is 5.11 Å². The SMILES string of the molecule is OCc1c(C2CCC(F)(F)C2)nsc1CF. The van der Waals surface area contributed by atoms with Crippen LogP contribution in [0.5, 0.6) is 0 Å². The van der Waals surface area contributed by atoms with Crippen molar-refractivity contribution in [3.8, 4) is 0 Å². The van der Waals surface area contributed by atoms with E-state index in [1.165, 1.54) is 0 Å². The van der Waals surface area contributed by atoms with E-state index in [1.54, 1.807) is 0 Å². The standard InChI is InChI=1S/C10H12F3NOS/c11-4-8-7(5-15)9(14-16-8)6-1-2-10(12,13)3-6/h6,15H,1-5H2. The number of aromatic nitrogens is 1. The zero-order valence-corrected chi connectivity index (χ0v) is 9.37. The molecule has 1 fully saturated rings. The van der Waals surface area contributed by atoms with Crippen molar-refractivity contribution in [1.29, 1.82) is 0 Å². The van der Waals surface area contributed by atoms with Crippen molar-refractivity contribution in [1.82, 2.24) is 4.37 Å². The quantitative estimate of drug-likeness (QED) is 0.895. The summed E-state index contributed by atoms with van der Waals surface area (Å²) in [6.07, 6.45) is -0.0318. The van der Waals surface area contributed by atoms with E-state index in [-0.39, 0.29) is 25.4 Å². The van der Waals surface area contributed by atoms with Crippen LogP contribution in [0.3, 0.4) is 0 Å². The van der Waals surface area contributed by atoms with Crippen LogP contribution in [0.1, 0.15) is 41.3 Å². The topological polar surface area (TPSA) is 33.1 Å². The Morgan fingerprint density at radius 1 is 1.50 bits per heavy atom. The summed E-state index contributed by atoms with van der Waals surface area (Å²) in [5.41, 5.74) is 0.882. The molecule has 1 saturated carbocycles. The van der Waals surface area contributed by atoms with E-state index in [0.29, 0.717) is 22.6 Å². The maximum atomic E-state index is 13.0. The highest BCUT2D eigenvalue weighted by atomic mass is 32.1. The number of halogens is 3. The molecule has 1 N–H and O–H groups in total. The first kappa shape index (κ1) is 11.9. The van der Waals surface area contributed by atoms with Crippen molar-refractivity contribution in [2.75, 3.05) is 0 Å².